The number of nitrogens with zero attached hydrogens (tertiary/aromatic N) is 1. The molecule has 11 nitrogen and oxygen atoms in total. The lowest BCUT2D eigenvalue weighted by atomic mass is 9.81. The second kappa shape index (κ2) is 11.1. The van der Waals surface area contributed by atoms with Gasteiger partial charge in [0.1, 0.15) is 24.9 Å². The van der Waals surface area contributed by atoms with E-state index in [9.17, 15) is 19.2 Å². The monoisotopic (exact) mass is 498 g/mol. The van der Waals surface area contributed by atoms with Crippen LogP contribution in [-0.2, 0) is 26.4 Å². The molecule has 0 bridgehead atoms. The molecule has 1 saturated heterocycles. The minimum Gasteiger partial charge on any atom is -0.489 e. The number of carboxylic acid groups (broad SMARTS) is 1. The molecule has 5 N–H and O–H groups in total. The molecule has 1 aliphatic heterocycles. The van der Waals surface area contributed by atoms with Gasteiger partial charge in [-0.15, -0.1) is 0 Å². The van der Waals surface area contributed by atoms with Crippen LogP contribution in [0.5, 0.6) is 5.75 Å². The van der Waals surface area contributed by atoms with Gasteiger partial charge in [0.05, 0.1) is 5.41 Å². The van der Waals surface area contributed by atoms with Crippen LogP contribution in [0.15, 0.2) is 42.5 Å². The SMILES string of the molecule is Cc1cc(COc2ccc(C3(C)CCN(C(C)C(=O)NO)C3=O)cc2)cc(NC(=O)CNC(=O)O)c1. The quantitative estimate of drug-likeness (QED) is 0.262. The molecular formula is C25H30N4O7. The second-order valence-electron chi connectivity index (χ2n) is 8.96. The summed E-state index contributed by atoms with van der Waals surface area (Å²) in [6.45, 7) is 5.56. The minimum absolute atomic E-state index is 0.180. The number of hydroxylamine groups is 1. The number of nitrogens with one attached hydrogen (secondary N) is 3. The Labute approximate surface area is 208 Å². The van der Waals surface area contributed by atoms with Crippen LogP contribution in [0.3, 0.4) is 0 Å². The van der Waals surface area contributed by atoms with Crippen molar-refractivity contribution in [2.45, 2.75) is 45.3 Å². The van der Waals surface area contributed by atoms with Gasteiger partial charge in [-0.3, -0.25) is 19.6 Å². The fourth-order valence-corrected chi connectivity index (χ4v) is 4.21. The first-order valence-electron chi connectivity index (χ1n) is 11.4. The maximum absolute atomic E-state index is 13.1. The molecule has 0 aliphatic carbocycles. The van der Waals surface area contributed by atoms with Crippen molar-refractivity contribution in [3.8, 4) is 5.75 Å². The van der Waals surface area contributed by atoms with Crippen LogP contribution in [0.25, 0.3) is 0 Å². The molecule has 3 rings (SSSR count). The lowest BCUT2D eigenvalue weighted by Crippen LogP contribution is -2.47. The average Bonchev–Trinajstić information content (AvgIpc) is 3.15. The Kier molecular flexibility index (Phi) is 8.15. The molecule has 0 spiro atoms. The van der Waals surface area contributed by atoms with E-state index in [0.29, 0.717) is 24.4 Å². The summed E-state index contributed by atoms with van der Waals surface area (Å²) in [7, 11) is 0. The number of carbonyl (C=O) groups excluding carboxylic acids is 3. The number of hydrogen-bond acceptors (Lipinski definition) is 6. The topological polar surface area (TPSA) is 157 Å². The van der Waals surface area contributed by atoms with Crippen molar-refractivity contribution in [3.63, 3.8) is 0 Å². The summed E-state index contributed by atoms with van der Waals surface area (Å²) in [6, 6.07) is 11.9. The van der Waals surface area contributed by atoms with Gasteiger partial charge < -0.3 is 25.4 Å². The Morgan fingerprint density at radius 3 is 2.50 bits per heavy atom. The van der Waals surface area contributed by atoms with E-state index in [1.165, 1.54) is 4.90 Å². The highest BCUT2D eigenvalue weighted by atomic mass is 16.5. The summed E-state index contributed by atoms with van der Waals surface area (Å²) in [5.74, 6) is -0.701. The second-order valence-corrected chi connectivity index (χ2v) is 8.96. The Balaban J connectivity index is 1.63. The molecular weight excluding hydrogens is 468 g/mol. The lowest BCUT2D eigenvalue weighted by molar-refractivity contribution is -0.143. The molecule has 2 unspecified atom stereocenters. The Morgan fingerprint density at radius 2 is 1.86 bits per heavy atom. The van der Waals surface area contributed by atoms with Gasteiger partial charge in [-0.2, -0.15) is 0 Å². The summed E-state index contributed by atoms with van der Waals surface area (Å²) in [5.41, 5.74) is 3.84. The number of carbonyl (C=O) groups is 4. The highest BCUT2D eigenvalue weighted by Gasteiger charge is 2.46. The molecule has 0 saturated carbocycles. The predicted molar refractivity (Wildman–Crippen MR) is 130 cm³/mol. The number of anilines is 1. The molecule has 4 amide bonds. The van der Waals surface area contributed by atoms with Crippen LogP contribution < -0.4 is 20.9 Å². The first-order valence-corrected chi connectivity index (χ1v) is 11.4. The highest BCUT2D eigenvalue weighted by molar-refractivity contribution is 5.94. The zero-order valence-corrected chi connectivity index (χ0v) is 20.3. The number of rotatable bonds is 9. The smallest absolute Gasteiger partial charge is 0.405 e. The Morgan fingerprint density at radius 1 is 1.17 bits per heavy atom. The molecule has 2 aromatic rings. The van der Waals surface area contributed by atoms with Crippen molar-refractivity contribution in [1.82, 2.24) is 15.7 Å². The van der Waals surface area contributed by atoms with E-state index in [1.807, 2.05) is 37.4 Å². The van der Waals surface area contributed by atoms with E-state index in [2.05, 4.69) is 5.32 Å². The number of hydrogen-bond donors (Lipinski definition) is 5. The van der Waals surface area contributed by atoms with Gasteiger partial charge in [0, 0.05) is 12.2 Å². The number of likely N-dealkylation sites (tertiary alicyclic amines) is 1. The van der Waals surface area contributed by atoms with Gasteiger partial charge in [-0.05, 0) is 68.1 Å². The fourth-order valence-electron chi connectivity index (χ4n) is 4.21. The summed E-state index contributed by atoms with van der Waals surface area (Å²) < 4.78 is 5.89. The molecule has 1 aliphatic rings. The zero-order valence-electron chi connectivity index (χ0n) is 20.3. The Hall–Kier alpha value is -4.12. The number of amides is 4. The largest absolute Gasteiger partial charge is 0.489 e. The van der Waals surface area contributed by atoms with Gasteiger partial charge in [0.15, 0.2) is 0 Å². The lowest BCUT2D eigenvalue weighted by Gasteiger charge is -2.27. The fraction of sp³-hybridized carbons (Fsp3) is 0.360. The molecule has 2 atom stereocenters. The number of aryl methyl sites for hydroxylation is 1. The summed E-state index contributed by atoms with van der Waals surface area (Å²) in [5, 5.41) is 22.2. The number of benzene rings is 2. The normalized spacial score (nSPS) is 17.9. The van der Waals surface area contributed by atoms with Crippen molar-refractivity contribution in [2.75, 3.05) is 18.4 Å². The van der Waals surface area contributed by atoms with Crippen molar-refractivity contribution in [1.29, 1.82) is 0 Å². The van der Waals surface area contributed by atoms with Crippen LogP contribution in [-0.4, -0.2) is 58.2 Å². The number of ether oxygens (including phenoxy) is 1. The van der Waals surface area contributed by atoms with Crippen molar-refractivity contribution in [2.24, 2.45) is 0 Å². The van der Waals surface area contributed by atoms with Gasteiger partial charge in [-0.25, -0.2) is 10.3 Å². The van der Waals surface area contributed by atoms with Gasteiger partial charge in [-0.1, -0.05) is 18.2 Å². The molecule has 2 aromatic carbocycles. The third-order valence-corrected chi connectivity index (χ3v) is 6.26. The van der Waals surface area contributed by atoms with Gasteiger partial charge >= 0.3 is 6.09 Å². The van der Waals surface area contributed by atoms with Crippen molar-refractivity contribution in [3.05, 3.63) is 59.2 Å². The van der Waals surface area contributed by atoms with E-state index in [-0.39, 0.29) is 19.1 Å². The third-order valence-electron chi connectivity index (χ3n) is 6.26. The third kappa shape index (κ3) is 6.11. The van der Waals surface area contributed by atoms with Crippen molar-refractivity contribution >= 4 is 29.5 Å². The first kappa shape index (κ1) is 26.5. The van der Waals surface area contributed by atoms with E-state index in [1.54, 1.807) is 36.7 Å². The maximum atomic E-state index is 13.1. The first-order chi connectivity index (χ1) is 17.0. The molecule has 36 heavy (non-hydrogen) atoms. The highest BCUT2D eigenvalue weighted by Crippen LogP contribution is 2.37. The zero-order chi connectivity index (χ0) is 26.5. The maximum Gasteiger partial charge on any atom is 0.405 e. The molecule has 1 heterocycles. The molecule has 11 heteroatoms. The van der Waals surface area contributed by atoms with E-state index in [0.717, 1.165) is 16.7 Å². The molecule has 0 radical (unpaired) electrons. The summed E-state index contributed by atoms with van der Waals surface area (Å²) in [6.07, 6.45) is -0.740. The predicted octanol–water partition coefficient (Wildman–Crippen LogP) is 2.16. The van der Waals surface area contributed by atoms with E-state index >= 15 is 0 Å². The molecule has 0 aromatic heterocycles. The summed E-state index contributed by atoms with van der Waals surface area (Å²) in [4.78, 5) is 48.7. The molecule has 192 valence electrons. The van der Waals surface area contributed by atoms with Crippen molar-refractivity contribution < 1.29 is 34.2 Å². The molecule has 1 fully saturated rings. The Bertz CT molecular complexity index is 1150. The van der Waals surface area contributed by atoms with Crippen LogP contribution in [0.4, 0.5) is 10.5 Å². The van der Waals surface area contributed by atoms with Crippen LogP contribution in [0.1, 0.15) is 37.0 Å². The average molecular weight is 499 g/mol. The standard InChI is InChI=1S/C25H30N4O7/c1-15-10-17(12-19(11-15)27-21(30)13-26-24(33)34)14-36-20-6-4-18(5-7-20)25(3)8-9-29(23(25)32)16(2)22(31)28-35/h4-7,10-12,16,26,35H,8-9,13-14H2,1-3H3,(H,27,30)(H,28,31)(H,33,34). The van der Waals surface area contributed by atoms with Crippen LogP contribution >= 0.6 is 0 Å². The van der Waals surface area contributed by atoms with Gasteiger partial charge in [0.25, 0.3) is 5.91 Å². The van der Waals surface area contributed by atoms with Crippen LogP contribution in [0, 0.1) is 6.92 Å². The minimum atomic E-state index is -1.28. The van der Waals surface area contributed by atoms with Gasteiger partial charge in [0.2, 0.25) is 11.8 Å². The summed E-state index contributed by atoms with van der Waals surface area (Å²) >= 11 is 0. The van der Waals surface area contributed by atoms with E-state index in [4.69, 9.17) is 15.1 Å². The van der Waals surface area contributed by atoms with Crippen LogP contribution in [0.2, 0.25) is 0 Å². The van der Waals surface area contributed by atoms with E-state index < -0.39 is 29.4 Å².